The predicted molar refractivity (Wildman–Crippen MR) is 83.0 cm³/mol. The third-order valence-corrected chi connectivity index (χ3v) is 7.33. The molecule has 0 bridgehead atoms. The Morgan fingerprint density at radius 1 is 1.38 bits per heavy atom. The lowest BCUT2D eigenvalue weighted by Gasteiger charge is -2.18. The second-order valence-electron chi connectivity index (χ2n) is 5.89. The van der Waals surface area contributed by atoms with Gasteiger partial charge < -0.3 is 10.1 Å². The molecule has 1 aliphatic carbocycles. The molecule has 0 aromatic carbocycles. The molecule has 5 nitrogen and oxygen atoms in total. The zero-order valence-electron chi connectivity index (χ0n) is 12.4. The summed E-state index contributed by atoms with van der Waals surface area (Å²) >= 11 is 1.35. The van der Waals surface area contributed by atoms with Crippen molar-refractivity contribution in [1.82, 2.24) is 10.0 Å². The van der Waals surface area contributed by atoms with E-state index in [9.17, 15) is 8.42 Å². The fraction of sp³-hybridized carbons (Fsp3) is 0.714. The van der Waals surface area contributed by atoms with Crippen molar-refractivity contribution in [3.8, 4) is 0 Å². The van der Waals surface area contributed by atoms with Gasteiger partial charge in [-0.2, -0.15) is 0 Å². The molecule has 2 N–H and O–H groups in total. The van der Waals surface area contributed by atoms with Crippen LogP contribution in [-0.4, -0.2) is 34.2 Å². The first-order chi connectivity index (χ1) is 10.0. The van der Waals surface area contributed by atoms with Crippen LogP contribution in [0.15, 0.2) is 10.3 Å². The maximum Gasteiger partial charge on any atom is 0.250 e. The maximum atomic E-state index is 12.6. The molecule has 0 spiro atoms. The summed E-state index contributed by atoms with van der Waals surface area (Å²) in [5.74, 6) is 0.546. The summed E-state index contributed by atoms with van der Waals surface area (Å²) in [4.78, 5) is 1.07. The zero-order chi connectivity index (χ0) is 15.0. The van der Waals surface area contributed by atoms with Crippen LogP contribution < -0.4 is 10.0 Å². The van der Waals surface area contributed by atoms with E-state index in [1.807, 2.05) is 14.0 Å². The molecule has 7 heteroatoms. The van der Waals surface area contributed by atoms with Crippen LogP contribution in [0.4, 0.5) is 0 Å². The molecular formula is C14H22N2O3S2. The van der Waals surface area contributed by atoms with Crippen LogP contribution in [0, 0.1) is 12.8 Å². The van der Waals surface area contributed by atoms with Gasteiger partial charge in [0.05, 0.1) is 12.1 Å². The molecule has 1 aliphatic heterocycles. The molecule has 0 radical (unpaired) electrons. The fourth-order valence-corrected chi connectivity index (χ4v) is 5.74. The Hall–Kier alpha value is -0.470. The summed E-state index contributed by atoms with van der Waals surface area (Å²) in [6.45, 7) is 3.31. The average Bonchev–Trinajstić information content (AvgIpc) is 3.06. The first-order valence-corrected chi connectivity index (χ1v) is 9.69. The van der Waals surface area contributed by atoms with E-state index in [-0.39, 0.29) is 12.1 Å². The van der Waals surface area contributed by atoms with Crippen molar-refractivity contribution in [1.29, 1.82) is 0 Å². The van der Waals surface area contributed by atoms with Crippen LogP contribution in [0.1, 0.15) is 29.7 Å². The molecule has 1 saturated heterocycles. The van der Waals surface area contributed by atoms with Gasteiger partial charge in [0.1, 0.15) is 4.21 Å². The highest BCUT2D eigenvalue weighted by molar-refractivity contribution is 7.91. The van der Waals surface area contributed by atoms with Crippen molar-refractivity contribution < 1.29 is 13.2 Å². The molecule has 1 aromatic rings. The van der Waals surface area contributed by atoms with Crippen LogP contribution in [0.3, 0.4) is 0 Å². The van der Waals surface area contributed by atoms with Crippen molar-refractivity contribution >= 4 is 21.4 Å². The summed E-state index contributed by atoms with van der Waals surface area (Å²) in [6.07, 6.45) is 3.16. The highest BCUT2D eigenvalue weighted by Gasteiger charge is 2.42. The lowest BCUT2D eigenvalue weighted by molar-refractivity contribution is 0.0848. The largest absolute Gasteiger partial charge is 0.376 e. The SMILES string of the molecule is CNCc1sc(S(=O)(=O)NC2CCOC2C2CC2)cc1C. The molecule has 2 atom stereocenters. The summed E-state index contributed by atoms with van der Waals surface area (Å²) < 4.78 is 34.1. The topological polar surface area (TPSA) is 67.4 Å². The van der Waals surface area contributed by atoms with E-state index >= 15 is 0 Å². The van der Waals surface area contributed by atoms with Crippen molar-refractivity contribution in [3.05, 3.63) is 16.5 Å². The summed E-state index contributed by atoms with van der Waals surface area (Å²) in [5, 5.41) is 3.07. The van der Waals surface area contributed by atoms with Gasteiger partial charge in [0.15, 0.2) is 0 Å². The summed E-state index contributed by atoms with van der Waals surface area (Å²) in [7, 11) is -1.58. The molecule has 118 valence electrons. The highest BCUT2D eigenvalue weighted by Crippen LogP contribution is 2.39. The Labute approximate surface area is 130 Å². The molecule has 2 unspecified atom stereocenters. The summed E-state index contributed by atoms with van der Waals surface area (Å²) in [6, 6.07) is 1.69. The standard InChI is InChI=1S/C14H22N2O3S2/c1-9-7-13(20-12(9)8-15-2)21(17,18)16-11-5-6-19-14(11)10-3-4-10/h7,10-11,14-16H,3-6,8H2,1-2H3. The lowest BCUT2D eigenvalue weighted by atomic mass is 10.1. The minimum atomic E-state index is -3.44. The number of aryl methyl sites for hydroxylation is 1. The van der Waals surface area contributed by atoms with Crippen LogP contribution in [-0.2, 0) is 21.3 Å². The number of sulfonamides is 1. The van der Waals surface area contributed by atoms with E-state index < -0.39 is 10.0 Å². The van der Waals surface area contributed by atoms with Gasteiger partial charge in [-0.15, -0.1) is 11.3 Å². The third kappa shape index (κ3) is 3.32. The molecule has 0 amide bonds. The minimum absolute atomic E-state index is 0.0672. The molecule has 21 heavy (non-hydrogen) atoms. The monoisotopic (exact) mass is 330 g/mol. The molecule has 1 aromatic heterocycles. The van der Waals surface area contributed by atoms with Gasteiger partial charge in [-0.3, -0.25) is 0 Å². The lowest BCUT2D eigenvalue weighted by Crippen LogP contribution is -2.41. The second kappa shape index (κ2) is 5.96. The van der Waals surface area contributed by atoms with Crippen molar-refractivity contribution in [2.75, 3.05) is 13.7 Å². The maximum absolute atomic E-state index is 12.6. The molecule has 2 fully saturated rings. The van der Waals surface area contributed by atoms with Crippen molar-refractivity contribution in [2.45, 2.75) is 49.1 Å². The van der Waals surface area contributed by atoms with Gasteiger partial charge >= 0.3 is 0 Å². The van der Waals surface area contributed by atoms with Gasteiger partial charge in [-0.25, -0.2) is 13.1 Å². The van der Waals surface area contributed by atoms with E-state index in [4.69, 9.17) is 4.74 Å². The quantitative estimate of drug-likeness (QED) is 0.832. The van der Waals surface area contributed by atoms with E-state index in [1.165, 1.54) is 11.3 Å². The van der Waals surface area contributed by atoms with Gasteiger partial charge in [-0.05, 0) is 50.8 Å². The van der Waals surface area contributed by atoms with Gasteiger partial charge in [-0.1, -0.05) is 0 Å². The smallest absolute Gasteiger partial charge is 0.250 e. The third-order valence-electron chi connectivity index (χ3n) is 4.13. The number of ether oxygens (including phenoxy) is 1. The normalized spacial score (nSPS) is 26.4. The molecule has 1 saturated carbocycles. The molecule has 3 rings (SSSR count). The number of nitrogens with one attached hydrogen (secondary N) is 2. The summed E-state index contributed by atoms with van der Waals surface area (Å²) in [5.41, 5.74) is 1.02. The van der Waals surface area contributed by atoms with Crippen LogP contribution in [0.25, 0.3) is 0 Å². The Bertz CT molecular complexity index is 608. The zero-order valence-corrected chi connectivity index (χ0v) is 14.0. The van der Waals surface area contributed by atoms with Gasteiger partial charge in [0, 0.05) is 18.0 Å². The van der Waals surface area contributed by atoms with E-state index in [0.717, 1.165) is 29.7 Å². The number of thiophene rings is 1. The number of hydrogen-bond donors (Lipinski definition) is 2. The van der Waals surface area contributed by atoms with E-state index in [0.29, 0.717) is 23.3 Å². The highest BCUT2D eigenvalue weighted by atomic mass is 32.2. The minimum Gasteiger partial charge on any atom is -0.376 e. The van der Waals surface area contributed by atoms with E-state index in [2.05, 4.69) is 10.0 Å². The first kappa shape index (κ1) is 15.4. The van der Waals surface area contributed by atoms with Gasteiger partial charge in [0.25, 0.3) is 0 Å². The Morgan fingerprint density at radius 3 is 2.81 bits per heavy atom. The van der Waals surface area contributed by atoms with Crippen LogP contribution in [0.5, 0.6) is 0 Å². The van der Waals surface area contributed by atoms with Crippen LogP contribution >= 0.6 is 11.3 Å². The second-order valence-corrected chi connectivity index (χ2v) is 8.97. The predicted octanol–water partition coefficient (Wildman–Crippen LogP) is 1.62. The Kier molecular flexibility index (Phi) is 4.38. The number of hydrogen-bond acceptors (Lipinski definition) is 5. The first-order valence-electron chi connectivity index (χ1n) is 7.39. The van der Waals surface area contributed by atoms with Crippen molar-refractivity contribution in [3.63, 3.8) is 0 Å². The van der Waals surface area contributed by atoms with Crippen LogP contribution in [0.2, 0.25) is 0 Å². The molecule has 2 heterocycles. The Balaban J connectivity index is 1.75. The fourth-order valence-electron chi connectivity index (χ4n) is 2.84. The van der Waals surface area contributed by atoms with E-state index in [1.54, 1.807) is 6.07 Å². The number of rotatable bonds is 6. The Morgan fingerprint density at radius 2 is 2.14 bits per heavy atom. The average molecular weight is 330 g/mol. The molecule has 2 aliphatic rings. The van der Waals surface area contributed by atoms with Gasteiger partial charge in [0.2, 0.25) is 10.0 Å². The molecular weight excluding hydrogens is 308 g/mol. The van der Waals surface area contributed by atoms with Crippen molar-refractivity contribution in [2.24, 2.45) is 5.92 Å².